The van der Waals surface area contributed by atoms with Crippen LogP contribution in [0.25, 0.3) is 0 Å². The number of rotatable bonds is 2. The molecule has 1 saturated heterocycles. The van der Waals surface area contributed by atoms with Crippen LogP contribution >= 0.6 is 0 Å². The Hall–Kier alpha value is -0.890. The first-order valence-corrected chi connectivity index (χ1v) is 5.78. The third kappa shape index (κ3) is 2.37. The fourth-order valence-corrected chi connectivity index (χ4v) is 2.37. The van der Waals surface area contributed by atoms with Crippen LogP contribution in [-0.2, 0) is 0 Å². The van der Waals surface area contributed by atoms with Gasteiger partial charge in [0, 0.05) is 25.8 Å². The van der Waals surface area contributed by atoms with Crippen molar-refractivity contribution in [3.63, 3.8) is 0 Å². The molecule has 1 aliphatic heterocycles. The van der Waals surface area contributed by atoms with Gasteiger partial charge in [0.15, 0.2) is 0 Å². The van der Waals surface area contributed by atoms with Gasteiger partial charge in [0.25, 0.3) is 0 Å². The lowest BCUT2D eigenvalue weighted by molar-refractivity contribution is 0.375. The SMILES string of the molecule is Cc1ccc(C(C)C2CCN(C)C2)nc1.[HH]. The van der Waals surface area contributed by atoms with Crippen LogP contribution in [0.5, 0.6) is 0 Å². The fraction of sp³-hybridized carbons (Fsp3) is 0.615. The van der Waals surface area contributed by atoms with Crippen LogP contribution in [0.4, 0.5) is 0 Å². The summed E-state index contributed by atoms with van der Waals surface area (Å²) in [6.45, 7) is 6.85. The number of aryl methyl sites for hydroxylation is 1. The third-order valence-electron chi connectivity index (χ3n) is 3.54. The van der Waals surface area contributed by atoms with Crippen LogP contribution in [0.15, 0.2) is 18.3 Å². The summed E-state index contributed by atoms with van der Waals surface area (Å²) in [5.41, 5.74) is 2.50. The van der Waals surface area contributed by atoms with E-state index in [4.69, 9.17) is 0 Å². The Balaban J connectivity index is 0.00000128. The van der Waals surface area contributed by atoms with E-state index in [1.165, 1.54) is 30.8 Å². The van der Waals surface area contributed by atoms with Gasteiger partial charge in [-0.2, -0.15) is 0 Å². The zero-order valence-electron chi connectivity index (χ0n) is 9.90. The number of aromatic nitrogens is 1. The van der Waals surface area contributed by atoms with Crippen LogP contribution in [0.3, 0.4) is 0 Å². The van der Waals surface area contributed by atoms with Gasteiger partial charge in [0.1, 0.15) is 0 Å². The second kappa shape index (κ2) is 4.31. The van der Waals surface area contributed by atoms with E-state index in [0.717, 1.165) is 5.92 Å². The third-order valence-corrected chi connectivity index (χ3v) is 3.54. The molecule has 1 aromatic heterocycles. The molecule has 0 aliphatic carbocycles. The largest absolute Gasteiger partial charge is 0.306 e. The molecule has 2 heteroatoms. The molecular weight excluding hydrogens is 184 g/mol. The fourth-order valence-electron chi connectivity index (χ4n) is 2.37. The highest BCUT2D eigenvalue weighted by molar-refractivity contribution is 5.16. The summed E-state index contributed by atoms with van der Waals surface area (Å²) in [4.78, 5) is 6.94. The van der Waals surface area contributed by atoms with Crippen molar-refractivity contribution in [2.24, 2.45) is 5.92 Å². The average molecular weight is 206 g/mol. The second-order valence-corrected chi connectivity index (χ2v) is 4.86. The van der Waals surface area contributed by atoms with Crippen molar-refractivity contribution in [3.8, 4) is 0 Å². The molecule has 0 N–H and O–H groups in total. The van der Waals surface area contributed by atoms with Crippen molar-refractivity contribution < 1.29 is 1.43 Å². The van der Waals surface area contributed by atoms with Crippen molar-refractivity contribution in [2.45, 2.75) is 26.2 Å². The normalized spacial score (nSPS) is 24.3. The van der Waals surface area contributed by atoms with Crippen molar-refractivity contribution in [1.82, 2.24) is 9.88 Å². The van der Waals surface area contributed by atoms with E-state index in [-0.39, 0.29) is 1.43 Å². The highest BCUT2D eigenvalue weighted by atomic mass is 15.1. The lowest BCUT2D eigenvalue weighted by Gasteiger charge is -2.18. The molecule has 1 fully saturated rings. The molecule has 84 valence electrons. The number of hydrogen-bond donors (Lipinski definition) is 0. The minimum absolute atomic E-state index is 0. The summed E-state index contributed by atoms with van der Waals surface area (Å²) < 4.78 is 0. The maximum atomic E-state index is 4.53. The minimum atomic E-state index is 0. The van der Waals surface area contributed by atoms with Gasteiger partial charge < -0.3 is 4.90 Å². The molecule has 2 atom stereocenters. The molecule has 2 unspecified atom stereocenters. The van der Waals surface area contributed by atoms with Gasteiger partial charge in [-0.05, 0) is 44.5 Å². The highest BCUT2D eigenvalue weighted by Crippen LogP contribution is 2.29. The maximum absolute atomic E-state index is 4.53. The summed E-state index contributed by atoms with van der Waals surface area (Å²) in [5, 5.41) is 0. The van der Waals surface area contributed by atoms with E-state index in [1.54, 1.807) is 0 Å². The Morgan fingerprint density at radius 3 is 2.87 bits per heavy atom. The first kappa shape index (κ1) is 10.6. The molecule has 1 aliphatic rings. The molecular formula is C13H22N2. The Labute approximate surface area is 93.8 Å². The van der Waals surface area contributed by atoms with Gasteiger partial charge in [-0.25, -0.2) is 0 Å². The molecule has 0 amide bonds. The number of nitrogens with zero attached hydrogens (tertiary/aromatic N) is 2. The summed E-state index contributed by atoms with van der Waals surface area (Å²) >= 11 is 0. The quantitative estimate of drug-likeness (QED) is 0.739. The molecule has 15 heavy (non-hydrogen) atoms. The van der Waals surface area contributed by atoms with Gasteiger partial charge in [-0.3, -0.25) is 4.98 Å². The van der Waals surface area contributed by atoms with Gasteiger partial charge in [0.05, 0.1) is 0 Å². The van der Waals surface area contributed by atoms with E-state index in [0.29, 0.717) is 5.92 Å². The lowest BCUT2D eigenvalue weighted by Crippen LogP contribution is -2.17. The molecule has 0 saturated carbocycles. The van der Waals surface area contributed by atoms with Crippen molar-refractivity contribution in [3.05, 3.63) is 29.6 Å². The predicted octanol–water partition coefficient (Wildman–Crippen LogP) is 2.69. The average Bonchev–Trinajstić information content (AvgIpc) is 2.65. The second-order valence-electron chi connectivity index (χ2n) is 4.86. The van der Waals surface area contributed by atoms with Crippen LogP contribution in [0.2, 0.25) is 0 Å². The zero-order valence-corrected chi connectivity index (χ0v) is 9.90. The first-order chi connectivity index (χ1) is 7.16. The molecule has 2 nitrogen and oxygen atoms in total. The molecule has 1 aromatic rings. The highest BCUT2D eigenvalue weighted by Gasteiger charge is 2.26. The number of likely N-dealkylation sites (tertiary alicyclic amines) is 1. The molecule has 0 radical (unpaired) electrons. The molecule has 0 spiro atoms. The van der Waals surface area contributed by atoms with Gasteiger partial charge in [0.2, 0.25) is 0 Å². The topological polar surface area (TPSA) is 16.1 Å². The van der Waals surface area contributed by atoms with E-state index >= 15 is 0 Å². The van der Waals surface area contributed by atoms with Crippen molar-refractivity contribution in [1.29, 1.82) is 0 Å². The number of hydrogen-bond acceptors (Lipinski definition) is 2. The molecule has 0 aromatic carbocycles. The first-order valence-electron chi connectivity index (χ1n) is 5.78. The maximum Gasteiger partial charge on any atom is 0.0435 e. The monoisotopic (exact) mass is 206 g/mol. The Bertz CT molecular complexity index is 323. The molecule has 2 rings (SSSR count). The smallest absolute Gasteiger partial charge is 0.0435 e. The summed E-state index contributed by atoms with van der Waals surface area (Å²) in [5.74, 6) is 1.38. The van der Waals surface area contributed by atoms with Crippen LogP contribution < -0.4 is 0 Å². The van der Waals surface area contributed by atoms with Gasteiger partial charge in [-0.1, -0.05) is 13.0 Å². The molecule has 2 heterocycles. The predicted molar refractivity (Wildman–Crippen MR) is 65.1 cm³/mol. The lowest BCUT2D eigenvalue weighted by atomic mass is 9.90. The van der Waals surface area contributed by atoms with Crippen LogP contribution in [-0.4, -0.2) is 30.0 Å². The Kier molecular flexibility index (Phi) is 3.06. The standard InChI is InChI=1S/C13H20N2.H2/c1-10-4-5-13(14-8-10)11(2)12-6-7-15(3)9-12;/h4-5,8,11-12H,6-7,9H2,1-3H3;1H. The zero-order chi connectivity index (χ0) is 10.8. The summed E-state index contributed by atoms with van der Waals surface area (Å²) in [6.07, 6.45) is 3.29. The van der Waals surface area contributed by atoms with E-state index in [9.17, 15) is 0 Å². The van der Waals surface area contributed by atoms with Gasteiger partial charge in [-0.15, -0.1) is 0 Å². The van der Waals surface area contributed by atoms with Crippen molar-refractivity contribution in [2.75, 3.05) is 20.1 Å². The summed E-state index contributed by atoms with van der Waals surface area (Å²) in [7, 11) is 2.20. The number of pyridine rings is 1. The molecule has 0 bridgehead atoms. The van der Waals surface area contributed by atoms with E-state index in [2.05, 4.69) is 42.9 Å². The van der Waals surface area contributed by atoms with Crippen molar-refractivity contribution >= 4 is 0 Å². The van der Waals surface area contributed by atoms with Crippen LogP contribution in [0.1, 0.15) is 31.9 Å². The Morgan fingerprint density at radius 2 is 2.33 bits per heavy atom. The Morgan fingerprint density at radius 1 is 1.53 bits per heavy atom. The van der Waals surface area contributed by atoms with Gasteiger partial charge >= 0.3 is 0 Å². The van der Waals surface area contributed by atoms with E-state index < -0.39 is 0 Å². The van der Waals surface area contributed by atoms with Crippen LogP contribution in [0, 0.1) is 12.8 Å². The minimum Gasteiger partial charge on any atom is -0.306 e. The van der Waals surface area contributed by atoms with E-state index in [1.807, 2.05) is 6.20 Å². The summed E-state index contributed by atoms with van der Waals surface area (Å²) in [6, 6.07) is 4.34.